The highest BCUT2D eigenvalue weighted by molar-refractivity contribution is 6.53. The average molecular weight is 437 g/mol. The monoisotopic (exact) mass is 436 g/mol. The Labute approximate surface area is 197 Å². The number of aryl methyl sites for hydroxylation is 1. The molecule has 0 saturated carbocycles. The minimum absolute atomic E-state index is 0.0763. The van der Waals surface area contributed by atoms with E-state index in [9.17, 15) is 0 Å². The molecule has 2 aliphatic rings. The van der Waals surface area contributed by atoms with E-state index in [1.165, 1.54) is 33.6 Å². The van der Waals surface area contributed by atoms with E-state index in [1.54, 1.807) is 0 Å². The second-order valence-electron chi connectivity index (χ2n) is 9.81. The maximum absolute atomic E-state index is 5.10. The smallest absolute Gasteiger partial charge is 0.173 e. The van der Waals surface area contributed by atoms with Crippen molar-refractivity contribution in [3.05, 3.63) is 83.9 Å². The fraction of sp³-hybridized carbons (Fsp3) is 0.310. The first-order valence-corrected chi connectivity index (χ1v) is 11.7. The van der Waals surface area contributed by atoms with E-state index >= 15 is 0 Å². The Morgan fingerprint density at radius 1 is 0.788 bits per heavy atom. The van der Waals surface area contributed by atoms with E-state index in [1.807, 2.05) is 7.05 Å². The van der Waals surface area contributed by atoms with Crippen LogP contribution in [0.3, 0.4) is 0 Å². The molecule has 1 unspecified atom stereocenters. The number of hydrogen-bond donors (Lipinski definition) is 0. The van der Waals surface area contributed by atoms with Crippen LogP contribution < -0.4 is 9.80 Å². The molecule has 2 heterocycles. The molecule has 1 saturated heterocycles. The first kappa shape index (κ1) is 21.4. The molecule has 168 valence electrons. The summed E-state index contributed by atoms with van der Waals surface area (Å²) in [4.78, 5) is 14.7. The Balaban J connectivity index is 1.70. The topological polar surface area (TPSA) is 31.2 Å². The van der Waals surface area contributed by atoms with Crippen molar-refractivity contribution < 1.29 is 0 Å². The summed E-state index contributed by atoms with van der Waals surface area (Å²) in [6, 6.07) is 26.2. The highest BCUT2D eigenvalue weighted by atomic mass is 15.5. The molecule has 0 radical (unpaired) electrons. The minimum atomic E-state index is -0.106. The summed E-state index contributed by atoms with van der Waals surface area (Å²) < 4.78 is 0. The van der Waals surface area contributed by atoms with Gasteiger partial charge in [0.15, 0.2) is 11.7 Å². The summed E-state index contributed by atoms with van der Waals surface area (Å²) in [6.07, 6.45) is 0.0763. The van der Waals surface area contributed by atoms with Crippen LogP contribution in [0.1, 0.15) is 38.8 Å². The van der Waals surface area contributed by atoms with Gasteiger partial charge in [-0.2, -0.15) is 0 Å². The van der Waals surface area contributed by atoms with Gasteiger partial charge in [0.05, 0.1) is 0 Å². The van der Waals surface area contributed by atoms with E-state index in [0.717, 1.165) is 11.7 Å². The number of para-hydroxylation sites is 1. The van der Waals surface area contributed by atoms with Crippen LogP contribution in [0.25, 0.3) is 11.1 Å². The number of hydrogen-bond acceptors (Lipinski definition) is 2. The Hall–Kier alpha value is -3.40. The first-order chi connectivity index (χ1) is 15.8. The molecule has 3 aromatic carbocycles. The van der Waals surface area contributed by atoms with Gasteiger partial charge in [-0.05, 0) is 61.2 Å². The number of fused-ring (bicyclic) bond motifs is 3. The Kier molecular flexibility index (Phi) is 5.12. The SMILES string of the molecule is C/N=C1\C(=N/C(C)C)N(c2ccc(-c3ccccc3)cc2C)C2N1c1ccccc1C2(C)C. The highest BCUT2D eigenvalue weighted by Gasteiger charge is 2.56. The van der Waals surface area contributed by atoms with Crippen LogP contribution in [-0.4, -0.2) is 30.9 Å². The van der Waals surface area contributed by atoms with Gasteiger partial charge in [0.25, 0.3) is 0 Å². The Bertz CT molecular complexity index is 1250. The van der Waals surface area contributed by atoms with Crippen molar-refractivity contribution in [2.24, 2.45) is 9.98 Å². The van der Waals surface area contributed by atoms with Gasteiger partial charge >= 0.3 is 0 Å². The number of nitrogens with zero attached hydrogens (tertiary/aromatic N) is 4. The van der Waals surface area contributed by atoms with Crippen molar-refractivity contribution in [1.29, 1.82) is 0 Å². The first-order valence-electron chi connectivity index (χ1n) is 11.7. The quantitative estimate of drug-likeness (QED) is 0.473. The number of anilines is 2. The van der Waals surface area contributed by atoms with Crippen LogP contribution in [0.15, 0.2) is 82.8 Å². The van der Waals surface area contributed by atoms with Gasteiger partial charge < -0.3 is 9.80 Å². The molecule has 33 heavy (non-hydrogen) atoms. The highest BCUT2D eigenvalue weighted by Crippen LogP contribution is 2.51. The van der Waals surface area contributed by atoms with Crippen molar-refractivity contribution in [1.82, 2.24) is 0 Å². The lowest BCUT2D eigenvalue weighted by Crippen LogP contribution is -2.48. The Morgan fingerprint density at radius 3 is 2.12 bits per heavy atom. The molecule has 0 aromatic heterocycles. The largest absolute Gasteiger partial charge is 0.301 e. The molecule has 3 aromatic rings. The van der Waals surface area contributed by atoms with Crippen molar-refractivity contribution in [3.8, 4) is 11.1 Å². The number of rotatable bonds is 3. The van der Waals surface area contributed by atoms with Crippen LogP contribution in [0.2, 0.25) is 0 Å². The van der Waals surface area contributed by atoms with Crippen molar-refractivity contribution >= 4 is 23.0 Å². The molecule has 2 aliphatic heterocycles. The number of amidine groups is 2. The second-order valence-corrected chi connectivity index (χ2v) is 9.81. The van der Waals surface area contributed by atoms with Gasteiger partial charge in [-0.3, -0.25) is 9.98 Å². The third-order valence-corrected chi connectivity index (χ3v) is 6.80. The van der Waals surface area contributed by atoms with E-state index in [0.29, 0.717) is 0 Å². The number of aliphatic imine (C=N–C) groups is 2. The molecule has 0 spiro atoms. The molecular formula is C29H32N4. The van der Waals surface area contributed by atoms with E-state index in [2.05, 4.69) is 117 Å². The summed E-state index contributed by atoms with van der Waals surface area (Å²) in [6.45, 7) is 11.1. The maximum atomic E-state index is 5.10. The lowest BCUT2D eigenvalue weighted by Gasteiger charge is -2.36. The molecule has 1 fully saturated rings. The summed E-state index contributed by atoms with van der Waals surface area (Å²) in [7, 11) is 1.88. The normalized spacial score (nSPS) is 21.2. The van der Waals surface area contributed by atoms with Gasteiger partial charge in [-0.15, -0.1) is 0 Å². The molecule has 0 aliphatic carbocycles. The van der Waals surface area contributed by atoms with Crippen molar-refractivity contribution in [3.63, 3.8) is 0 Å². The molecule has 0 bridgehead atoms. The zero-order valence-electron chi connectivity index (χ0n) is 20.4. The van der Waals surface area contributed by atoms with Crippen LogP contribution in [0, 0.1) is 6.92 Å². The molecule has 5 rings (SSSR count). The van der Waals surface area contributed by atoms with Crippen LogP contribution in [0.5, 0.6) is 0 Å². The summed E-state index contributed by atoms with van der Waals surface area (Å²) in [5.41, 5.74) is 7.35. The maximum Gasteiger partial charge on any atom is 0.173 e. The lowest BCUT2D eigenvalue weighted by atomic mass is 9.83. The summed E-state index contributed by atoms with van der Waals surface area (Å²) >= 11 is 0. The van der Waals surface area contributed by atoms with Crippen molar-refractivity contribution in [2.75, 3.05) is 16.8 Å². The van der Waals surface area contributed by atoms with Gasteiger partial charge in [0.1, 0.15) is 6.17 Å². The molecule has 0 amide bonds. The fourth-order valence-electron chi connectivity index (χ4n) is 5.38. The van der Waals surface area contributed by atoms with E-state index < -0.39 is 0 Å². The summed E-state index contributed by atoms with van der Waals surface area (Å²) in [5.74, 6) is 1.90. The molecule has 1 atom stereocenters. The van der Waals surface area contributed by atoms with Gasteiger partial charge in [0, 0.05) is 29.9 Å². The average Bonchev–Trinajstić information content (AvgIpc) is 3.24. The summed E-state index contributed by atoms with van der Waals surface area (Å²) in [5, 5.41) is 0. The van der Waals surface area contributed by atoms with Gasteiger partial charge in [-0.1, -0.05) is 68.4 Å². The lowest BCUT2D eigenvalue weighted by molar-refractivity contribution is 0.456. The minimum Gasteiger partial charge on any atom is -0.301 e. The van der Waals surface area contributed by atoms with Crippen LogP contribution >= 0.6 is 0 Å². The van der Waals surface area contributed by atoms with Crippen LogP contribution in [0.4, 0.5) is 11.4 Å². The molecule has 4 nitrogen and oxygen atoms in total. The molecule has 4 heteroatoms. The third kappa shape index (κ3) is 3.28. The number of benzene rings is 3. The predicted molar refractivity (Wildman–Crippen MR) is 141 cm³/mol. The third-order valence-electron chi connectivity index (χ3n) is 6.80. The standard InChI is InChI=1S/C29H32N4/c1-19(2)31-27-26(30-6)33-25-15-11-10-14-23(25)29(4,5)28(33)32(27)24-17-16-22(18-20(24)3)21-12-8-7-9-13-21/h7-19,28H,1-6H3/b30-26+,31-27+. The van der Waals surface area contributed by atoms with Gasteiger partial charge in [0.2, 0.25) is 0 Å². The van der Waals surface area contributed by atoms with Crippen LogP contribution in [-0.2, 0) is 5.41 Å². The fourth-order valence-corrected chi connectivity index (χ4v) is 5.38. The zero-order valence-corrected chi connectivity index (χ0v) is 20.4. The van der Waals surface area contributed by atoms with Gasteiger partial charge in [-0.25, -0.2) is 0 Å². The molecular weight excluding hydrogens is 404 g/mol. The van der Waals surface area contributed by atoms with E-state index in [-0.39, 0.29) is 17.6 Å². The zero-order chi connectivity index (χ0) is 23.3. The molecule has 0 N–H and O–H groups in total. The Morgan fingerprint density at radius 2 is 1.45 bits per heavy atom. The predicted octanol–water partition coefficient (Wildman–Crippen LogP) is 6.44. The van der Waals surface area contributed by atoms with E-state index in [4.69, 9.17) is 9.98 Å². The second kappa shape index (κ2) is 7.87. The van der Waals surface area contributed by atoms with Crippen molar-refractivity contribution in [2.45, 2.75) is 52.2 Å².